The third kappa shape index (κ3) is 1.98. The van der Waals surface area contributed by atoms with E-state index in [0.29, 0.717) is 5.70 Å². The zero-order valence-corrected chi connectivity index (χ0v) is 5.60. The molecule has 8 heavy (non-hydrogen) atoms. The third-order valence-electron chi connectivity index (χ3n) is 1.02. The number of nitrogens with two attached hydrogens (primary N) is 1. The minimum atomic E-state index is -0.852. The summed E-state index contributed by atoms with van der Waals surface area (Å²) in [6.07, 6.45) is 1.69. The summed E-state index contributed by atoms with van der Waals surface area (Å²) in [6.45, 7) is 5.11. The molecule has 0 aliphatic rings. The maximum Gasteiger partial charge on any atom is 0.0978 e. The van der Waals surface area contributed by atoms with Crippen LogP contribution in [0.3, 0.4) is 0 Å². The van der Waals surface area contributed by atoms with Crippen molar-refractivity contribution in [2.75, 3.05) is 0 Å². The van der Waals surface area contributed by atoms with Crippen LogP contribution in [-0.4, -0.2) is 10.7 Å². The largest absolute Gasteiger partial charge is 0.400 e. The highest BCUT2D eigenvalue weighted by atomic mass is 16.3. The van der Waals surface area contributed by atoms with Crippen LogP contribution in [0.25, 0.3) is 0 Å². The van der Waals surface area contributed by atoms with Gasteiger partial charge < -0.3 is 10.8 Å². The van der Waals surface area contributed by atoms with Crippen LogP contribution < -0.4 is 5.73 Å². The highest BCUT2D eigenvalue weighted by Gasteiger charge is 2.13. The van der Waals surface area contributed by atoms with Gasteiger partial charge in [-0.05, 0) is 20.8 Å². The zero-order chi connectivity index (χ0) is 6.78. The molecule has 0 heterocycles. The fraction of sp³-hybridized carbons (Fsp3) is 0.667. The van der Waals surface area contributed by atoms with Crippen LogP contribution >= 0.6 is 0 Å². The zero-order valence-electron chi connectivity index (χ0n) is 5.60. The molecule has 0 amide bonds. The Hall–Kier alpha value is -0.500. The van der Waals surface area contributed by atoms with Gasteiger partial charge in [-0.15, -0.1) is 0 Å². The molecule has 0 aliphatic carbocycles. The van der Waals surface area contributed by atoms with E-state index < -0.39 is 5.60 Å². The van der Waals surface area contributed by atoms with Crippen molar-refractivity contribution in [3.8, 4) is 0 Å². The molecule has 0 aliphatic heterocycles. The lowest BCUT2D eigenvalue weighted by molar-refractivity contribution is 0.118. The molecule has 0 atom stereocenters. The first kappa shape index (κ1) is 7.50. The van der Waals surface area contributed by atoms with Gasteiger partial charge in [-0.3, -0.25) is 0 Å². The van der Waals surface area contributed by atoms with E-state index in [2.05, 4.69) is 0 Å². The Morgan fingerprint density at radius 2 is 2.00 bits per heavy atom. The second-order valence-electron chi connectivity index (χ2n) is 2.30. The third-order valence-corrected chi connectivity index (χ3v) is 1.02. The molecule has 0 saturated heterocycles. The first-order valence-electron chi connectivity index (χ1n) is 2.63. The SMILES string of the molecule is C/C=C(/N)C(C)(C)O. The molecule has 0 aromatic heterocycles. The predicted molar refractivity (Wildman–Crippen MR) is 34.2 cm³/mol. The van der Waals surface area contributed by atoms with E-state index in [4.69, 9.17) is 10.8 Å². The van der Waals surface area contributed by atoms with Gasteiger partial charge in [0, 0.05) is 5.70 Å². The molecule has 0 aromatic carbocycles. The van der Waals surface area contributed by atoms with Crippen LogP contribution in [0.5, 0.6) is 0 Å². The van der Waals surface area contributed by atoms with Crippen molar-refractivity contribution in [3.63, 3.8) is 0 Å². The van der Waals surface area contributed by atoms with Crippen LogP contribution in [0.4, 0.5) is 0 Å². The van der Waals surface area contributed by atoms with Crippen LogP contribution in [0, 0.1) is 0 Å². The number of allylic oxidation sites excluding steroid dienone is 1. The van der Waals surface area contributed by atoms with Crippen LogP contribution in [0.2, 0.25) is 0 Å². The maximum absolute atomic E-state index is 9.09. The van der Waals surface area contributed by atoms with Gasteiger partial charge in [-0.2, -0.15) is 0 Å². The topological polar surface area (TPSA) is 46.2 Å². The summed E-state index contributed by atoms with van der Waals surface area (Å²) in [4.78, 5) is 0. The summed E-state index contributed by atoms with van der Waals surface area (Å²) in [5, 5.41) is 9.09. The first-order valence-corrected chi connectivity index (χ1v) is 2.63. The number of hydrogen-bond donors (Lipinski definition) is 2. The van der Waals surface area contributed by atoms with Crippen LogP contribution in [-0.2, 0) is 0 Å². The molecule has 48 valence electrons. The highest BCUT2D eigenvalue weighted by molar-refractivity contribution is 5.07. The molecular weight excluding hydrogens is 102 g/mol. The van der Waals surface area contributed by atoms with Gasteiger partial charge in [0.05, 0.1) is 5.60 Å². The van der Waals surface area contributed by atoms with E-state index in [9.17, 15) is 0 Å². The molecule has 0 spiro atoms. The van der Waals surface area contributed by atoms with Gasteiger partial charge in [0.1, 0.15) is 0 Å². The molecule has 2 nitrogen and oxygen atoms in total. The summed E-state index contributed by atoms with van der Waals surface area (Å²) < 4.78 is 0. The molecule has 3 N–H and O–H groups in total. The Kier molecular flexibility index (Phi) is 2.04. The Labute approximate surface area is 50.0 Å². The minimum Gasteiger partial charge on any atom is -0.400 e. The lowest BCUT2D eigenvalue weighted by Crippen LogP contribution is -2.27. The molecule has 0 saturated carbocycles. The van der Waals surface area contributed by atoms with Crippen molar-refractivity contribution in [1.82, 2.24) is 0 Å². The Morgan fingerprint density at radius 3 is 2.00 bits per heavy atom. The number of hydrogen-bond acceptors (Lipinski definition) is 2. The van der Waals surface area contributed by atoms with E-state index in [1.165, 1.54) is 0 Å². The Morgan fingerprint density at radius 1 is 1.62 bits per heavy atom. The highest BCUT2D eigenvalue weighted by Crippen LogP contribution is 2.07. The summed E-state index contributed by atoms with van der Waals surface area (Å²) >= 11 is 0. The Balaban J connectivity index is 4.03. The van der Waals surface area contributed by atoms with Crippen LogP contribution in [0.15, 0.2) is 11.8 Å². The van der Waals surface area contributed by atoms with Gasteiger partial charge in [0.25, 0.3) is 0 Å². The van der Waals surface area contributed by atoms with Crippen molar-refractivity contribution in [2.24, 2.45) is 5.73 Å². The van der Waals surface area contributed by atoms with Crippen molar-refractivity contribution in [2.45, 2.75) is 26.4 Å². The molecule has 0 fully saturated rings. The van der Waals surface area contributed by atoms with E-state index in [1.54, 1.807) is 26.8 Å². The average Bonchev–Trinajstić information content (AvgIpc) is 1.62. The Bertz CT molecular complexity index is 99.6. The van der Waals surface area contributed by atoms with E-state index >= 15 is 0 Å². The fourth-order valence-electron chi connectivity index (χ4n) is 0.353. The smallest absolute Gasteiger partial charge is 0.0978 e. The molecule has 0 bridgehead atoms. The summed E-state index contributed by atoms with van der Waals surface area (Å²) in [7, 11) is 0. The molecule has 0 rings (SSSR count). The summed E-state index contributed by atoms with van der Waals surface area (Å²) in [5.74, 6) is 0. The monoisotopic (exact) mass is 115 g/mol. The molecule has 0 aromatic rings. The van der Waals surface area contributed by atoms with Gasteiger partial charge in [-0.1, -0.05) is 6.08 Å². The quantitative estimate of drug-likeness (QED) is 0.526. The van der Waals surface area contributed by atoms with Crippen molar-refractivity contribution in [1.29, 1.82) is 0 Å². The van der Waals surface area contributed by atoms with Crippen molar-refractivity contribution in [3.05, 3.63) is 11.8 Å². The number of rotatable bonds is 1. The minimum absolute atomic E-state index is 0.512. The van der Waals surface area contributed by atoms with Gasteiger partial charge in [0.2, 0.25) is 0 Å². The normalized spacial score (nSPS) is 14.2. The molecular formula is C6H13NO. The maximum atomic E-state index is 9.09. The molecule has 2 heteroatoms. The first-order chi connectivity index (χ1) is 3.48. The van der Waals surface area contributed by atoms with Crippen molar-refractivity contribution < 1.29 is 5.11 Å². The predicted octanol–water partition coefficient (Wildman–Crippen LogP) is 0.620. The van der Waals surface area contributed by atoms with E-state index in [-0.39, 0.29) is 0 Å². The second-order valence-corrected chi connectivity index (χ2v) is 2.30. The molecule has 0 radical (unpaired) electrons. The summed E-state index contributed by atoms with van der Waals surface area (Å²) in [5.41, 5.74) is 5.02. The van der Waals surface area contributed by atoms with Crippen LogP contribution in [0.1, 0.15) is 20.8 Å². The average molecular weight is 115 g/mol. The van der Waals surface area contributed by atoms with E-state index in [0.717, 1.165) is 0 Å². The molecule has 0 unspecified atom stereocenters. The lowest BCUT2D eigenvalue weighted by atomic mass is 10.1. The van der Waals surface area contributed by atoms with E-state index in [1.807, 2.05) is 0 Å². The van der Waals surface area contributed by atoms with Crippen molar-refractivity contribution >= 4 is 0 Å². The van der Waals surface area contributed by atoms with Gasteiger partial charge in [0.15, 0.2) is 0 Å². The standard InChI is InChI=1S/C6H13NO/c1-4-5(7)6(2,3)8/h4,8H,7H2,1-3H3/b5-4+. The van der Waals surface area contributed by atoms with Gasteiger partial charge >= 0.3 is 0 Å². The fourth-order valence-corrected chi connectivity index (χ4v) is 0.353. The number of aliphatic hydroxyl groups is 1. The second kappa shape index (κ2) is 2.18. The van der Waals surface area contributed by atoms with Gasteiger partial charge in [-0.25, -0.2) is 0 Å². The lowest BCUT2D eigenvalue weighted by Gasteiger charge is -2.16. The summed E-state index contributed by atoms with van der Waals surface area (Å²) in [6, 6.07) is 0.